The Morgan fingerprint density at radius 1 is 1.18 bits per heavy atom. The van der Waals surface area contributed by atoms with Crippen LogP contribution in [0.1, 0.15) is 64.2 Å². The van der Waals surface area contributed by atoms with Gasteiger partial charge in [0.1, 0.15) is 12.1 Å². The van der Waals surface area contributed by atoms with Crippen LogP contribution in [-0.4, -0.2) is 48.2 Å². The van der Waals surface area contributed by atoms with Gasteiger partial charge in [-0.15, -0.1) is 0 Å². The smallest absolute Gasteiger partial charge is 0.434 e. The summed E-state index contributed by atoms with van der Waals surface area (Å²) in [7, 11) is 1.39. The summed E-state index contributed by atoms with van der Waals surface area (Å²) < 4.78 is 20.3. The van der Waals surface area contributed by atoms with Gasteiger partial charge in [0.25, 0.3) is 5.95 Å². The van der Waals surface area contributed by atoms with Gasteiger partial charge in [0.2, 0.25) is 0 Å². The molecule has 1 aromatic rings. The maximum Gasteiger partial charge on any atom is 0.434 e. The lowest BCUT2D eigenvalue weighted by Gasteiger charge is -2.31. The monoisotopic (exact) mass is 397 g/mol. The number of rotatable bonds is 14. The largest absolute Gasteiger partial charge is 0.469 e. The van der Waals surface area contributed by atoms with Crippen molar-refractivity contribution in [2.45, 2.75) is 69.7 Å². The summed E-state index contributed by atoms with van der Waals surface area (Å²) in [6.07, 6.45) is 8.81. The highest BCUT2D eigenvalue weighted by Crippen LogP contribution is 2.33. The van der Waals surface area contributed by atoms with Crippen molar-refractivity contribution in [1.29, 1.82) is 0 Å². The van der Waals surface area contributed by atoms with Gasteiger partial charge >= 0.3 is 12.1 Å². The second-order valence-electron chi connectivity index (χ2n) is 7.17. The molecular weight excluding hydrogens is 366 g/mol. The molecule has 1 N–H and O–H groups in total. The fourth-order valence-electron chi connectivity index (χ4n) is 3.42. The van der Waals surface area contributed by atoms with Gasteiger partial charge in [-0.3, -0.25) is 10.0 Å². The predicted octanol–water partition coefficient (Wildman–Crippen LogP) is 4.31. The third kappa shape index (κ3) is 6.74. The van der Waals surface area contributed by atoms with Crippen LogP contribution in [0.5, 0.6) is 5.95 Å². The Morgan fingerprint density at radius 3 is 2.50 bits per heavy atom. The van der Waals surface area contributed by atoms with Crippen LogP contribution in [0.25, 0.3) is 0 Å². The minimum absolute atomic E-state index is 0.191. The van der Waals surface area contributed by atoms with Gasteiger partial charge in [0.05, 0.1) is 20.0 Å². The number of esters is 1. The first kappa shape index (κ1) is 22.1. The maximum atomic E-state index is 11.7. The fourth-order valence-corrected chi connectivity index (χ4v) is 3.42. The average molecular weight is 397 g/mol. The SMILES string of the molecule is COC(=O)CCCCCCC1(CCCCCOc2ccco2)COC(=O)N1O. The van der Waals surface area contributed by atoms with Crippen LogP contribution in [0, 0.1) is 0 Å². The molecule has 0 aliphatic carbocycles. The summed E-state index contributed by atoms with van der Waals surface area (Å²) in [6.45, 7) is 0.784. The number of hydrogen-bond donors (Lipinski definition) is 1. The van der Waals surface area contributed by atoms with Gasteiger partial charge in [-0.2, -0.15) is 5.06 Å². The lowest BCUT2D eigenvalue weighted by Crippen LogP contribution is -2.45. The average Bonchev–Trinajstić information content (AvgIpc) is 3.31. The maximum absolute atomic E-state index is 11.7. The number of hydroxylamine groups is 2. The van der Waals surface area contributed by atoms with E-state index >= 15 is 0 Å². The van der Waals surface area contributed by atoms with E-state index in [1.807, 2.05) is 0 Å². The summed E-state index contributed by atoms with van der Waals surface area (Å²) in [5.74, 6) is 0.323. The highest BCUT2D eigenvalue weighted by Gasteiger charge is 2.46. The Labute approximate surface area is 165 Å². The van der Waals surface area contributed by atoms with Crippen LogP contribution in [0.2, 0.25) is 0 Å². The Balaban J connectivity index is 1.65. The molecule has 0 aromatic carbocycles. The molecule has 2 heterocycles. The number of amides is 1. The molecule has 1 aliphatic heterocycles. The molecular formula is C20H31NO7. The van der Waals surface area contributed by atoms with Crippen molar-refractivity contribution in [2.75, 3.05) is 20.3 Å². The second-order valence-corrected chi connectivity index (χ2v) is 7.17. The van der Waals surface area contributed by atoms with Crippen LogP contribution in [0.15, 0.2) is 22.8 Å². The van der Waals surface area contributed by atoms with E-state index in [1.54, 1.807) is 18.4 Å². The van der Waals surface area contributed by atoms with E-state index in [1.165, 1.54) is 7.11 Å². The molecule has 1 amide bonds. The number of methoxy groups -OCH3 is 1. The standard InChI is InChI=1S/C20H31NO7/c1-25-17(22)10-5-2-3-6-12-20(16-28-19(23)21(20)24)13-7-4-8-14-26-18-11-9-15-27-18/h9,11,15,24H,2-8,10,12-14,16H2,1H3. The van der Waals surface area contributed by atoms with Crippen molar-refractivity contribution in [2.24, 2.45) is 0 Å². The van der Waals surface area contributed by atoms with E-state index in [0.717, 1.165) is 50.0 Å². The van der Waals surface area contributed by atoms with Crippen molar-refractivity contribution in [3.63, 3.8) is 0 Å². The lowest BCUT2D eigenvalue weighted by molar-refractivity contribution is -0.140. The molecule has 1 saturated heterocycles. The highest BCUT2D eigenvalue weighted by molar-refractivity contribution is 5.69. The molecule has 0 spiro atoms. The molecule has 1 atom stereocenters. The fraction of sp³-hybridized carbons (Fsp3) is 0.700. The van der Waals surface area contributed by atoms with Gasteiger partial charge in [0, 0.05) is 12.5 Å². The minimum Gasteiger partial charge on any atom is -0.469 e. The summed E-state index contributed by atoms with van der Waals surface area (Å²) in [4.78, 5) is 22.8. The molecule has 158 valence electrons. The van der Waals surface area contributed by atoms with E-state index in [9.17, 15) is 14.8 Å². The molecule has 0 bridgehead atoms. The Bertz CT molecular complexity index is 589. The van der Waals surface area contributed by atoms with Crippen molar-refractivity contribution in [3.8, 4) is 5.95 Å². The zero-order chi connectivity index (χ0) is 20.2. The van der Waals surface area contributed by atoms with Crippen molar-refractivity contribution in [1.82, 2.24) is 5.06 Å². The molecule has 28 heavy (non-hydrogen) atoms. The third-order valence-electron chi connectivity index (χ3n) is 5.11. The minimum atomic E-state index is -0.674. The van der Waals surface area contributed by atoms with E-state index in [0.29, 0.717) is 31.8 Å². The normalized spacial score (nSPS) is 18.9. The second kappa shape index (κ2) is 11.6. The zero-order valence-electron chi connectivity index (χ0n) is 16.6. The number of hydrogen-bond acceptors (Lipinski definition) is 7. The topological polar surface area (TPSA) is 98.4 Å². The number of carbonyl (C=O) groups is 2. The van der Waals surface area contributed by atoms with Gasteiger partial charge in [-0.05, 0) is 38.2 Å². The van der Waals surface area contributed by atoms with Crippen molar-refractivity contribution in [3.05, 3.63) is 18.4 Å². The molecule has 1 unspecified atom stereocenters. The number of nitrogens with zero attached hydrogens (tertiary/aromatic N) is 1. The quantitative estimate of drug-likeness (QED) is 0.284. The van der Waals surface area contributed by atoms with Gasteiger partial charge in [0.15, 0.2) is 0 Å². The van der Waals surface area contributed by atoms with Crippen LogP contribution in [0.4, 0.5) is 4.79 Å². The van der Waals surface area contributed by atoms with Gasteiger partial charge < -0.3 is 18.6 Å². The molecule has 1 fully saturated rings. The number of cyclic esters (lactones) is 1. The third-order valence-corrected chi connectivity index (χ3v) is 5.11. The molecule has 8 nitrogen and oxygen atoms in total. The van der Waals surface area contributed by atoms with Crippen molar-refractivity contribution < 1.29 is 33.4 Å². The predicted molar refractivity (Wildman–Crippen MR) is 100 cm³/mol. The van der Waals surface area contributed by atoms with E-state index in [-0.39, 0.29) is 12.6 Å². The summed E-state index contributed by atoms with van der Waals surface area (Å²) in [5, 5.41) is 11.0. The van der Waals surface area contributed by atoms with Gasteiger partial charge in [-0.1, -0.05) is 25.7 Å². The molecule has 8 heteroatoms. The number of furan rings is 1. The zero-order valence-corrected chi connectivity index (χ0v) is 16.6. The first-order chi connectivity index (χ1) is 13.6. The van der Waals surface area contributed by atoms with Crippen molar-refractivity contribution >= 4 is 12.1 Å². The molecule has 1 aromatic heterocycles. The van der Waals surface area contributed by atoms with Crippen LogP contribution < -0.4 is 4.74 Å². The van der Waals surface area contributed by atoms with E-state index < -0.39 is 11.6 Å². The van der Waals surface area contributed by atoms with Crippen LogP contribution in [0.3, 0.4) is 0 Å². The lowest BCUT2D eigenvalue weighted by atomic mass is 9.87. The molecule has 2 rings (SSSR count). The molecule has 1 aliphatic rings. The van der Waals surface area contributed by atoms with Crippen LogP contribution in [-0.2, 0) is 14.3 Å². The number of carbonyl (C=O) groups excluding carboxylic acids is 2. The summed E-state index contributed by atoms with van der Waals surface area (Å²) in [6, 6.07) is 3.55. The Kier molecular flexibility index (Phi) is 9.13. The van der Waals surface area contributed by atoms with E-state index in [2.05, 4.69) is 4.74 Å². The molecule has 0 saturated carbocycles. The first-order valence-corrected chi connectivity index (χ1v) is 9.96. The number of unbranched alkanes of at least 4 members (excludes halogenated alkanes) is 5. The summed E-state index contributed by atoms with van der Waals surface area (Å²) in [5.41, 5.74) is -0.651. The van der Waals surface area contributed by atoms with Gasteiger partial charge in [-0.25, -0.2) is 4.79 Å². The van der Waals surface area contributed by atoms with Crippen LogP contribution >= 0.6 is 0 Å². The first-order valence-electron chi connectivity index (χ1n) is 9.96. The number of ether oxygens (including phenoxy) is 3. The Hall–Kier alpha value is -2.22. The Morgan fingerprint density at radius 2 is 1.89 bits per heavy atom. The van der Waals surface area contributed by atoms with E-state index in [4.69, 9.17) is 13.9 Å². The highest BCUT2D eigenvalue weighted by atomic mass is 16.7. The summed E-state index contributed by atoms with van der Waals surface area (Å²) >= 11 is 0. The molecule has 0 radical (unpaired) electrons.